The molecular formula is C12H8F5NO. The van der Waals surface area contributed by atoms with Crippen LogP contribution in [0.25, 0.3) is 0 Å². The van der Waals surface area contributed by atoms with E-state index in [4.69, 9.17) is 4.42 Å². The maximum atomic E-state index is 13.4. The number of halogens is 5. The SMILES string of the molecule is CC(Nc1c(F)c(F)c(F)c(F)c1F)c1ccoc1. The van der Waals surface area contributed by atoms with Crippen molar-refractivity contribution in [1.82, 2.24) is 0 Å². The van der Waals surface area contributed by atoms with Gasteiger partial charge in [0.05, 0.1) is 18.6 Å². The largest absolute Gasteiger partial charge is 0.472 e. The van der Waals surface area contributed by atoms with Crippen molar-refractivity contribution in [2.75, 3.05) is 5.32 Å². The molecule has 0 fully saturated rings. The van der Waals surface area contributed by atoms with Crippen molar-refractivity contribution in [1.29, 1.82) is 0 Å². The van der Waals surface area contributed by atoms with Gasteiger partial charge >= 0.3 is 0 Å². The number of rotatable bonds is 3. The van der Waals surface area contributed by atoms with Crippen molar-refractivity contribution in [3.63, 3.8) is 0 Å². The van der Waals surface area contributed by atoms with Crippen molar-refractivity contribution in [3.05, 3.63) is 53.2 Å². The Morgan fingerprint density at radius 1 is 0.947 bits per heavy atom. The molecule has 1 heterocycles. The summed E-state index contributed by atoms with van der Waals surface area (Å²) in [6, 6.07) is 0.816. The zero-order chi connectivity index (χ0) is 14.2. The topological polar surface area (TPSA) is 25.2 Å². The number of nitrogens with one attached hydrogen (secondary N) is 1. The smallest absolute Gasteiger partial charge is 0.200 e. The Hall–Kier alpha value is -2.05. The van der Waals surface area contributed by atoms with Crippen LogP contribution >= 0.6 is 0 Å². The summed E-state index contributed by atoms with van der Waals surface area (Å²) in [7, 11) is 0. The van der Waals surface area contributed by atoms with E-state index in [-0.39, 0.29) is 0 Å². The molecule has 1 aromatic carbocycles. The van der Waals surface area contributed by atoms with Gasteiger partial charge in [0.1, 0.15) is 5.69 Å². The van der Waals surface area contributed by atoms with E-state index in [0.29, 0.717) is 5.56 Å². The van der Waals surface area contributed by atoms with Crippen molar-refractivity contribution in [2.45, 2.75) is 13.0 Å². The number of hydrogen-bond donors (Lipinski definition) is 1. The van der Waals surface area contributed by atoms with E-state index in [1.807, 2.05) is 0 Å². The molecule has 0 aliphatic heterocycles. The molecule has 0 aliphatic carbocycles. The number of anilines is 1. The van der Waals surface area contributed by atoms with Gasteiger partial charge in [-0.05, 0) is 13.0 Å². The fourth-order valence-corrected chi connectivity index (χ4v) is 1.55. The number of furan rings is 1. The molecular weight excluding hydrogens is 269 g/mol. The molecule has 0 saturated heterocycles. The summed E-state index contributed by atoms with van der Waals surface area (Å²) >= 11 is 0. The first-order valence-corrected chi connectivity index (χ1v) is 5.23. The highest BCUT2D eigenvalue weighted by atomic mass is 19.2. The Morgan fingerprint density at radius 3 is 1.95 bits per heavy atom. The molecule has 102 valence electrons. The molecule has 7 heteroatoms. The highest BCUT2D eigenvalue weighted by molar-refractivity contribution is 5.49. The van der Waals surface area contributed by atoms with Gasteiger partial charge < -0.3 is 9.73 Å². The van der Waals surface area contributed by atoms with Crippen LogP contribution in [0, 0.1) is 29.1 Å². The van der Waals surface area contributed by atoms with Crippen LogP contribution in [0.2, 0.25) is 0 Å². The number of benzene rings is 1. The molecule has 0 aliphatic rings. The van der Waals surface area contributed by atoms with Crippen LogP contribution in [-0.2, 0) is 0 Å². The molecule has 0 amide bonds. The van der Waals surface area contributed by atoms with E-state index < -0.39 is 40.8 Å². The van der Waals surface area contributed by atoms with E-state index in [9.17, 15) is 22.0 Å². The van der Waals surface area contributed by atoms with Crippen molar-refractivity contribution < 1.29 is 26.4 Å². The summed E-state index contributed by atoms with van der Waals surface area (Å²) in [4.78, 5) is 0. The molecule has 2 rings (SSSR count). The zero-order valence-electron chi connectivity index (χ0n) is 9.61. The fraction of sp³-hybridized carbons (Fsp3) is 0.167. The van der Waals surface area contributed by atoms with Crippen LogP contribution in [0.15, 0.2) is 23.0 Å². The maximum Gasteiger partial charge on any atom is 0.200 e. The van der Waals surface area contributed by atoms with Gasteiger partial charge in [-0.1, -0.05) is 0 Å². The van der Waals surface area contributed by atoms with E-state index in [1.54, 1.807) is 0 Å². The zero-order valence-corrected chi connectivity index (χ0v) is 9.61. The standard InChI is InChI=1S/C12H8F5NO/c1-5(6-2-3-19-4-6)18-12-10(16)8(14)7(13)9(15)11(12)17/h2-5,18H,1H3. The van der Waals surface area contributed by atoms with Crippen molar-refractivity contribution in [3.8, 4) is 0 Å². The lowest BCUT2D eigenvalue weighted by molar-refractivity contribution is 0.381. The summed E-state index contributed by atoms with van der Waals surface area (Å²) in [5, 5.41) is 2.23. The van der Waals surface area contributed by atoms with E-state index >= 15 is 0 Å². The van der Waals surface area contributed by atoms with Gasteiger partial charge in [-0.2, -0.15) is 0 Å². The Labute approximate surface area is 104 Å². The van der Waals surface area contributed by atoms with Crippen molar-refractivity contribution >= 4 is 5.69 Å². The summed E-state index contributed by atoms with van der Waals surface area (Å²) in [5.74, 6) is -9.95. The Morgan fingerprint density at radius 2 is 1.47 bits per heavy atom. The minimum atomic E-state index is -2.18. The van der Waals surface area contributed by atoms with E-state index in [2.05, 4.69) is 5.32 Å². The molecule has 1 aromatic heterocycles. The van der Waals surface area contributed by atoms with Gasteiger partial charge in [-0.15, -0.1) is 0 Å². The number of hydrogen-bond acceptors (Lipinski definition) is 2. The molecule has 1 unspecified atom stereocenters. The van der Waals surface area contributed by atoms with Crippen LogP contribution in [0.3, 0.4) is 0 Å². The quantitative estimate of drug-likeness (QED) is 0.518. The molecule has 1 atom stereocenters. The van der Waals surface area contributed by atoms with Gasteiger partial charge in [-0.3, -0.25) is 0 Å². The average Bonchev–Trinajstić information content (AvgIpc) is 2.93. The van der Waals surface area contributed by atoms with Crippen molar-refractivity contribution in [2.24, 2.45) is 0 Å². The van der Waals surface area contributed by atoms with Gasteiger partial charge in [-0.25, -0.2) is 22.0 Å². The monoisotopic (exact) mass is 277 g/mol. The Kier molecular flexibility index (Phi) is 3.46. The predicted molar refractivity (Wildman–Crippen MR) is 57.0 cm³/mol. The van der Waals surface area contributed by atoms with Gasteiger partial charge in [0.15, 0.2) is 23.3 Å². The van der Waals surface area contributed by atoms with Gasteiger partial charge in [0, 0.05) is 5.56 Å². The first kappa shape index (κ1) is 13.4. The average molecular weight is 277 g/mol. The normalized spacial score (nSPS) is 12.5. The van der Waals surface area contributed by atoms with Crippen LogP contribution in [0.4, 0.5) is 27.6 Å². The van der Waals surface area contributed by atoms with Gasteiger partial charge in [0.25, 0.3) is 0 Å². The molecule has 0 spiro atoms. The van der Waals surface area contributed by atoms with E-state index in [0.717, 1.165) is 0 Å². The molecule has 0 bridgehead atoms. The van der Waals surface area contributed by atoms with E-state index in [1.165, 1.54) is 25.5 Å². The minimum absolute atomic E-state index is 0.504. The van der Waals surface area contributed by atoms with Crippen LogP contribution in [-0.4, -0.2) is 0 Å². The second-order valence-electron chi connectivity index (χ2n) is 3.87. The summed E-state index contributed by atoms with van der Waals surface area (Å²) in [6.45, 7) is 1.49. The first-order valence-electron chi connectivity index (χ1n) is 5.23. The molecule has 0 saturated carbocycles. The summed E-state index contributed by atoms with van der Waals surface area (Å²) in [5.41, 5.74) is -0.561. The lowest BCUT2D eigenvalue weighted by Crippen LogP contribution is -2.12. The third-order valence-corrected chi connectivity index (χ3v) is 2.61. The molecule has 19 heavy (non-hydrogen) atoms. The lowest BCUT2D eigenvalue weighted by Gasteiger charge is -2.15. The third kappa shape index (κ3) is 2.27. The third-order valence-electron chi connectivity index (χ3n) is 2.61. The maximum absolute atomic E-state index is 13.4. The highest BCUT2D eigenvalue weighted by Gasteiger charge is 2.26. The molecule has 1 N–H and O–H groups in total. The second kappa shape index (κ2) is 4.91. The Bertz CT molecular complexity index is 568. The van der Waals surface area contributed by atoms with Gasteiger partial charge in [0.2, 0.25) is 5.82 Å². The summed E-state index contributed by atoms with van der Waals surface area (Å²) < 4.78 is 70.4. The molecule has 2 aromatic rings. The molecule has 0 radical (unpaired) electrons. The van der Waals surface area contributed by atoms with Crippen LogP contribution in [0.1, 0.15) is 18.5 Å². The minimum Gasteiger partial charge on any atom is -0.472 e. The predicted octanol–water partition coefficient (Wildman–Crippen LogP) is 4.15. The first-order chi connectivity index (χ1) is 8.93. The summed E-state index contributed by atoms with van der Waals surface area (Å²) in [6.07, 6.45) is 2.62. The fourth-order valence-electron chi connectivity index (χ4n) is 1.55. The lowest BCUT2D eigenvalue weighted by atomic mass is 10.1. The Balaban J connectivity index is 2.41. The molecule has 2 nitrogen and oxygen atoms in total. The van der Waals surface area contributed by atoms with Crippen LogP contribution < -0.4 is 5.32 Å². The second-order valence-corrected chi connectivity index (χ2v) is 3.87. The van der Waals surface area contributed by atoms with Crippen LogP contribution in [0.5, 0.6) is 0 Å². The highest BCUT2D eigenvalue weighted by Crippen LogP contribution is 2.30.